The van der Waals surface area contributed by atoms with Crippen LogP contribution in [0.25, 0.3) is 0 Å². The van der Waals surface area contributed by atoms with Crippen molar-refractivity contribution < 1.29 is 9.53 Å². The molecule has 0 spiro atoms. The Morgan fingerprint density at radius 3 is 2.70 bits per heavy atom. The molecule has 4 heteroatoms. The molecule has 0 bridgehead atoms. The fourth-order valence-electron chi connectivity index (χ4n) is 1.94. The molecule has 0 saturated carbocycles. The molecule has 0 aliphatic heterocycles. The normalized spacial score (nSPS) is 10.3. The Bertz CT molecular complexity index is 653. The molecular formula is C16H16ClNO2. The molecular weight excluding hydrogens is 274 g/mol. The summed E-state index contributed by atoms with van der Waals surface area (Å²) in [5, 5.41) is 0.426. The molecule has 2 aromatic rings. The predicted molar refractivity (Wildman–Crippen MR) is 80.9 cm³/mol. The smallest absolute Gasteiger partial charge is 0.338 e. The summed E-state index contributed by atoms with van der Waals surface area (Å²) in [7, 11) is 0. The molecule has 2 aromatic carbocycles. The lowest BCUT2D eigenvalue weighted by Gasteiger charge is -2.10. The first-order valence-corrected chi connectivity index (χ1v) is 6.63. The molecule has 0 heterocycles. The third-order valence-corrected chi connectivity index (χ3v) is 3.30. The quantitative estimate of drug-likeness (QED) is 0.689. The van der Waals surface area contributed by atoms with Crippen LogP contribution in [0.5, 0.6) is 0 Å². The fraction of sp³-hybridized carbons (Fsp3) is 0.188. The lowest BCUT2D eigenvalue weighted by atomic mass is 10.1. The van der Waals surface area contributed by atoms with Gasteiger partial charge in [0.1, 0.15) is 6.61 Å². The van der Waals surface area contributed by atoms with E-state index in [0.717, 1.165) is 11.1 Å². The van der Waals surface area contributed by atoms with Crippen molar-refractivity contribution in [2.75, 3.05) is 5.73 Å². The Balaban J connectivity index is 2.13. The zero-order valence-electron chi connectivity index (χ0n) is 11.4. The van der Waals surface area contributed by atoms with E-state index in [1.54, 1.807) is 19.1 Å². The summed E-state index contributed by atoms with van der Waals surface area (Å²) < 4.78 is 5.31. The van der Waals surface area contributed by atoms with Gasteiger partial charge in [-0.2, -0.15) is 0 Å². The number of ether oxygens (including phenoxy) is 1. The number of anilines is 1. The van der Waals surface area contributed by atoms with Gasteiger partial charge >= 0.3 is 5.97 Å². The second-order valence-corrected chi connectivity index (χ2v) is 5.17. The van der Waals surface area contributed by atoms with E-state index in [4.69, 9.17) is 22.1 Å². The van der Waals surface area contributed by atoms with E-state index in [1.807, 2.05) is 31.2 Å². The highest BCUT2D eigenvalue weighted by Gasteiger charge is 2.14. The highest BCUT2D eigenvalue weighted by molar-refractivity contribution is 6.31. The van der Waals surface area contributed by atoms with E-state index >= 15 is 0 Å². The maximum absolute atomic E-state index is 12.1. The van der Waals surface area contributed by atoms with Crippen LogP contribution in [0, 0.1) is 13.8 Å². The number of esters is 1. The zero-order chi connectivity index (χ0) is 14.7. The second kappa shape index (κ2) is 5.97. The third-order valence-electron chi connectivity index (χ3n) is 3.08. The van der Waals surface area contributed by atoms with Crippen LogP contribution in [0.2, 0.25) is 5.02 Å². The summed E-state index contributed by atoms with van der Waals surface area (Å²) in [6, 6.07) is 11.0. The largest absolute Gasteiger partial charge is 0.457 e. The van der Waals surface area contributed by atoms with Crippen molar-refractivity contribution >= 4 is 23.3 Å². The minimum absolute atomic E-state index is 0.229. The first-order valence-electron chi connectivity index (χ1n) is 6.25. The van der Waals surface area contributed by atoms with Crippen LogP contribution >= 0.6 is 11.6 Å². The molecule has 0 amide bonds. The number of hydrogen-bond donors (Lipinski definition) is 1. The van der Waals surface area contributed by atoms with Crippen molar-refractivity contribution in [2.45, 2.75) is 20.5 Å². The number of carbonyl (C=O) groups excluding carboxylic acids is 1. The van der Waals surface area contributed by atoms with Crippen LogP contribution in [0.15, 0.2) is 36.4 Å². The van der Waals surface area contributed by atoms with E-state index < -0.39 is 5.97 Å². The molecule has 20 heavy (non-hydrogen) atoms. The first-order chi connectivity index (χ1) is 9.47. The fourth-order valence-corrected chi connectivity index (χ4v) is 2.17. The number of benzene rings is 2. The average Bonchev–Trinajstić information content (AvgIpc) is 2.40. The Kier molecular flexibility index (Phi) is 4.30. The van der Waals surface area contributed by atoms with Crippen LogP contribution in [-0.2, 0) is 11.3 Å². The highest BCUT2D eigenvalue weighted by Crippen LogP contribution is 2.23. The van der Waals surface area contributed by atoms with E-state index in [0.29, 0.717) is 21.8 Å². The summed E-state index contributed by atoms with van der Waals surface area (Å²) in [5.41, 5.74) is 9.45. The van der Waals surface area contributed by atoms with Gasteiger partial charge in [-0.25, -0.2) is 4.79 Å². The maximum Gasteiger partial charge on any atom is 0.338 e. The topological polar surface area (TPSA) is 52.3 Å². The Labute approximate surface area is 123 Å². The number of rotatable bonds is 3. The predicted octanol–water partition coefficient (Wildman–Crippen LogP) is 3.90. The van der Waals surface area contributed by atoms with Gasteiger partial charge in [-0.3, -0.25) is 0 Å². The molecule has 0 atom stereocenters. The van der Waals surface area contributed by atoms with E-state index in [9.17, 15) is 4.79 Å². The molecule has 0 fully saturated rings. The van der Waals surface area contributed by atoms with Crippen LogP contribution < -0.4 is 5.73 Å². The van der Waals surface area contributed by atoms with Crippen molar-refractivity contribution in [1.82, 2.24) is 0 Å². The summed E-state index contributed by atoms with van der Waals surface area (Å²) in [6.45, 7) is 3.99. The number of hydrogen-bond acceptors (Lipinski definition) is 3. The minimum atomic E-state index is -0.418. The van der Waals surface area contributed by atoms with Crippen LogP contribution in [-0.4, -0.2) is 5.97 Å². The summed E-state index contributed by atoms with van der Waals surface area (Å²) in [6.07, 6.45) is 0. The third kappa shape index (κ3) is 3.31. The summed E-state index contributed by atoms with van der Waals surface area (Å²) in [4.78, 5) is 12.1. The van der Waals surface area contributed by atoms with Crippen LogP contribution in [0.1, 0.15) is 27.0 Å². The average molecular weight is 290 g/mol. The first kappa shape index (κ1) is 14.4. The molecule has 0 aliphatic carbocycles. The lowest BCUT2D eigenvalue weighted by Crippen LogP contribution is -2.08. The maximum atomic E-state index is 12.1. The van der Waals surface area contributed by atoms with E-state index in [1.165, 1.54) is 0 Å². The Morgan fingerprint density at radius 2 is 2.00 bits per heavy atom. The van der Waals surface area contributed by atoms with Gasteiger partial charge in [-0.1, -0.05) is 41.4 Å². The van der Waals surface area contributed by atoms with Crippen molar-refractivity contribution in [3.8, 4) is 0 Å². The van der Waals surface area contributed by atoms with Gasteiger partial charge < -0.3 is 10.5 Å². The van der Waals surface area contributed by atoms with Gasteiger partial charge in [0.25, 0.3) is 0 Å². The monoisotopic (exact) mass is 289 g/mol. The lowest BCUT2D eigenvalue weighted by molar-refractivity contribution is 0.0472. The van der Waals surface area contributed by atoms with Crippen molar-refractivity contribution in [2.24, 2.45) is 0 Å². The molecule has 2 rings (SSSR count). The van der Waals surface area contributed by atoms with E-state index in [-0.39, 0.29) is 6.61 Å². The molecule has 104 valence electrons. The van der Waals surface area contributed by atoms with E-state index in [2.05, 4.69) is 0 Å². The van der Waals surface area contributed by atoms with Crippen molar-refractivity contribution in [3.05, 3.63) is 63.7 Å². The highest BCUT2D eigenvalue weighted by atomic mass is 35.5. The molecule has 0 saturated heterocycles. The van der Waals surface area contributed by atoms with Crippen LogP contribution in [0.3, 0.4) is 0 Å². The number of carbonyl (C=O) groups is 1. The van der Waals surface area contributed by atoms with Gasteiger partial charge in [-0.15, -0.1) is 0 Å². The minimum Gasteiger partial charge on any atom is -0.457 e. The number of nitrogen functional groups attached to an aromatic ring is 1. The number of aryl methyl sites for hydroxylation is 1. The molecule has 0 aromatic heterocycles. The number of nitrogens with two attached hydrogens (primary N) is 1. The van der Waals surface area contributed by atoms with Gasteiger partial charge in [0.05, 0.1) is 5.56 Å². The Hall–Kier alpha value is -2.00. The second-order valence-electron chi connectivity index (χ2n) is 4.73. The zero-order valence-corrected chi connectivity index (χ0v) is 12.2. The van der Waals surface area contributed by atoms with Gasteiger partial charge in [0.15, 0.2) is 0 Å². The Morgan fingerprint density at radius 1 is 1.25 bits per heavy atom. The van der Waals surface area contributed by atoms with Crippen molar-refractivity contribution in [1.29, 1.82) is 0 Å². The SMILES string of the molecule is Cc1cccc(COC(=O)c2cc(Cl)cc(N)c2C)c1. The summed E-state index contributed by atoms with van der Waals surface area (Å²) in [5.74, 6) is -0.418. The molecule has 0 aliphatic rings. The van der Waals surface area contributed by atoms with Gasteiger partial charge in [-0.05, 0) is 37.1 Å². The van der Waals surface area contributed by atoms with Gasteiger partial charge in [0, 0.05) is 10.7 Å². The molecule has 0 unspecified atom stereocenters. The molecule has 0 radical (unpaired) electrons. The van der Waals surface area contributed by atoms with Crippen LogP contribution in [0.4, 0.5) is 5.69 Å². The standard InChI is InChI=1S/C16H16ClNO2/c1-10-4-3-5-12(6-10)9-20-16(19)14-7-13(17)8-15(18)11(14)2/h3-8H,9,18H2,1-2H3. The molecule has 3 nitrogen and oxygen atoms in total. The molecule has 2 N–H and O–H groups in total. The number of halogens is 1. The van der Waals surface area contributed by atoms with Gasteiger partial charge in [0.2, 0.25) is 0 Å². The summed E-state index contributed by atoms with van der Waals surface area (Å²) >= 11 is 5.92. The van der Waals surface area contributed by atoms with Crippen molar-refractivity contribution in [3.63, 3.8) is 0 Å².